The van der Waals surface area contributed by atoms with E-state index in [4.69, 9.17) is 0 Å². The van der Waals surface area contributed by atoms with Crippen LogP contribution in [0.3, 0.4) is 0 Å². The molecule has 1 aliphatic heterocycles. The van der Waals surface area contributed by atoms with E-state index in [1.165, 1.54) is 6.07 Å². The number of thioether (sulfide) groups is 1. The van der Waals surface area contributed by atoms with Gasteiger partial charge in [-0.15, -0.1) is 11.8 Å². The second-order valence-electron chi connectivity index (χ2n) is 4.97. The predicted molar refractivity (Wildman–Crippen MR) is 83.5 cm³/mol. The van der Waals surface area contributed by atoms with E-state index in [1.54, 1.807) is 34.9 Å². The van der Waals surface area contributed by atoms with Crippen LogP contribution in [0.2, 0.25) is 0 Å². The second-order valence-corrected chi connectivity index (χ2v) is 6.15. The Morgan fingerprint density at radius 1 is 1.00 bits per heavy atom. The first-order valence-corrected chi connectivity index (χ1v) is 8.01. The minimum Gasteiger partial charge on any atom is -0.545 e. The van der Waals surface area contributed by atoms with Crippen LogP contribution in [0.15, 0.2) is 54.6 Å². The van der Waals surface area contributed by atoms with Gasteiger partial charge in [0.25, 0.3) is 5.91 Å². The van der Waals surface area contributed by atoms with E-state index in [2.05, 4.69) is 0 Å². The van der Waals surface area contributed by atoms with Gasteiger partial charge in [0.05, 0.1) is 5.97 Å². The molecule has 0 N–H and O–H groups in total. The largest absolute Gasteiger partial charge is 1.00 e. The molecular weight excluding hydrogens is 321 g/mol. The number of carbonyl (C=O) groups is 2. The van der Waals surface area contributed by atoms with E-state index in [0.29, 0.717) is 6.54 Å². The van der Waals surface area contributed by atoms with Crippen LogP contribution in [0.4, 0.5) is 0 Å². The fourth-order valence-electron chi connectivity index (χ4n) is 2.57. The van der Waals surface area contributed by atoms with Crippen molar-refractivity contribution in [1.29, 1.82) is 0 Å². The van der Waals surface area contributed by atoms with Gasteiger partial charge >= 0.3 is 29.6 Å². The molecule has 1 aliphatic rings. The number of amides is 1. The van der Waals surface area contributed by atoms with Crippen LogP contribution in [0, 0.1) is 0 Å². The van der Waals surface area contributed by atoms with Crippen LogP contribution < -0.4 is 34.7 Å². The van der Waals surface area contributed by atoms with E-state index >= 15 is 0 Å². The predicted octanol–water partition coefficient (Wildman–Crippen LogP) is -1.06. The van der Waals surface area contributed by atoms with Crippen molar-refractivity contribution in [3.05, 3.63) is 71.3 Å². The molecule has 0 aliphatic carbocycles. The first-order chi connectivity index (χ1) is 10.7. The van der Waals surface area contributed by atoms with Crippen molar-refractivity contribution >= 4 is 23.6 Å². The summed E-state index contributed by atoms with van der Waals surface area (Å²) < 4.78 is 0. The van der Waals surface area contributed by atoms with Crippen molar-refractivity contribution in [3.8, 4) is 0 Å². The Morgan fingerprint density at radius 2 is 1.61 bits per heavy atom. The van der Waals surface area contributed by atoms with Crippen molar-refractivity contribution in [2.24, 2.45) is 0 Å². The van der Waals surface area contributed by atoms with E-state index in [0.717, 1.165) is 11.3 Å². The normalized spacial score (nSPS) is 16.7. The molecule has 0 radical (unpaired) electrons. The molecule has 0 aromatic heterocycles. The Morgan fingerprint density at radius 3 is 2.26 bits per heavy atom. The van der Waals surface area contributed by atoms with Crippen LogP contribution in [0.25, 0.3) is 0 Å². The third kappa shape index (κ3) is 3.80. The maximum atomic E-state index is 12.8. The first-order valence-electron chi connectivity index (χ1n) is 6.96. The van der Waals surface area contributed by atoms with Gasteiger partial charge in [-0.05, 0) is 11.6 Å². The van der Waals surface area contributed by atoms with Crippen molar-refractivity contribution < 1.29 is 44.3 Å². The monoisotopic (exact) mass is 335 g/mol. The number of carboxylic acids is 1. The van der Waals surface area contributed by atoms with E-state index in [-0.39, 0.29) is 52.0 Å². The zero-order valence-corrected chi connectivity index (χ0v) is 15.6. The Bertz CT molecular complexity index is 708. The average Bonchev–Trinajstić information content (AvgIpc) is 3.04. The summed E-state index contributed by atoms with van der Waals surface area (Å²) in [6.45, 7) is 0.602. The molecule has 1 fully saturated rings. The Balaban J connectivity index is 0.00000192. The van der Waals surface area contributed by atoms with Gasteiger partial charge in [0.15, 0.2) is 0 Å². The Hall–Kier alpha value is -1.27. The molecule has 1 heterocycles. The van der Waals surface area contributed by atoms with Crippen molar-refractivity contribution in [1.82, 2.24) is 4.90 Å². The van der Waals surface area contributed by atoms with Gasteiger partial charge in [0.2, 0.25) is 0 Å². The third-order valence-electron chi connectivity index (χ3n) is 3.61. The number of hydrogen-bond donors (Lipinski definition) is 0. The summed E-state index contributed by atoms with van der Waals surface area (Å²) in [5.74, 6) is -0.760. The maximum Gasteiger partial charge on any atom is 1.00 e. The Kier molecular flexibility index (Phi) is 6.30. The number of benzene rings is 2. The molecule has 1 amide bonds. The summed E-state index contributed by atoms with van der Waals surface area (Å²) in [6, 6.07) is 16.0. The van der Waals surface area contributed by atoms with Crippen LogP contribution >= 0.6 is 11.8 Å². The quantitative estimate of drug-likeness (QED) is 0.671. The Labute approximate surface area is 161 Å². The smallest absolute Gasteiger partial charge is 0.545 e. The standard InChI is InChI=1S/C17H15NO3S.Na/c19-15(13-8-4-5-9-14(13)17(20)21)18-10-11-22-16(18)12-6-2-1-3-7-12;/h1-9,16H,10-11H2,(H,20,21);/q;+1/p-1. The minimum atomic E-state index is -1.33. The fourth-order valence-corrected chi connectivity index (χ4v) is 3.83. The molecule has 1 saturated heterocycles. The molecule has 2 aromatic rings. The molecule has 4 nitrogen and oxygen atoms in total. The van der Waals surface area contributed by atoms with E-state index in [1.807, 2.05) is 30.3 Å². The number of carbonyl (C=O) groups excluding carboxylic acids is 2. The molecule has 112 valence electrons. The molecule has 3 rings (SSSR count). The van der Waals surface area contributed by atoms with E-state index in [9.17, 15) is 14.7 Å². The second kappa shape index (κ2) is 8.02. The van der Waals surface area contributed by atoms with E-state index < -0.39 is 5.97 Å². The molecule has 0 bridgehead atoms. The number of rotatable bonds is 3. The topological polar surface area (TPSA) is 60.4 Å². The average molecular weight is 335 g/mol. The van der Waals surface area contributed by atoms with Gasteiger partial charge in [0, 0.05) is 23.4 Å². The van der Waals surface area contributed by atoms with Gasteiger partial charge in [0.1, 0.15) is 5.37 Å². The fraction of sp³-hybridized carbons (Fsp3) is 0.176. The van der Waals surface area contributed by atoms with Gasteiger partial charge in [-0.2, -0.15) is 0 Å². The van der Waals surface area contributed by atoms with Crippen LogP contribution in [0.5, 0.6) is 0 Å². The zero-order valence-electron chi connectivity index (χ0n) is 12.8. The third-order valence-corrected chi connectivity index (χ3v) is 4.87. The molecule has 6 heteroatoms. The molecule has 1 atom stereocenters. The molecule has 1 unspecified atom stereocenters. The molecule has 23 heavy (non-hydrogen) atoms. The summed E-state index contributed by atoms with van der Waals surface area (Å²) >= 11 is 1.68. The van der Waals surface area contributed by atoms with Crippen LogP contribution in [-0.2, 0) is 0 Å². The number of aromatic carboxylic acids is 1. The molecule has 0 saturated carbocycles. The number of nitrogens with zero attached hydrogens (tertiary/aromatic N) is 1. The zero-order chi connectivity index (χ0) is 15.5. The summed E-state index contributed by atoms with van der Waals surface area (Å²) in [7, 11) is 0. The first kappa shape index (κ1) is 18.1. The summed E-state index contributed by atoms with van der Waals surface area (Å²) in [5, 5.41) is 11.1. The summed E-state index contributed by atoms with van der Waals surface area (Å²) in [5.41, 5.74) is 1.17. The van der Waals surface area contributed by atoms with Crippen molar-refractivity contribution in [2.45, 2.75) is 5.37 Å². The van der Waals surface area contributed by atoms with Crippen LogP contribution in [0.1, 0.15) is 31.7 Å². The van der Waals surface area contributed by atoms with Gasteiger partial charge in [-0.3, -0.25) is 4.79 Å². The maximum absolute atomic E-state index is 12.8. The molecule has 2 aromatic carbocycles. The van der Waals surface area contributed by atoms with Crippen molar-refractivity contribution in [3.63, 3.8) is 0 Å². The summed E-state index contributed by atoms with van der Waals surface area (Å²) in [4.78, 5) is 25.7. The minimum absolute atomic E-state index is 0. The molecule has 0 spiro atoms. The van der Waals surface area contributed by atoms with Gasteiger partial charge in [-0.1, -0.05) is 48.5 Å². The SMILES string of the molecule is O=C([O-])c1ccccc1C(=O)N1CCSC1c1ccccc1.[Na+]. The summed E-state index contributed by atoms with van der Waals surface area (Å²) in [6.07, 6.45) is 0. The van der Waals surface area contributed by atoms with Gasteiger partial charge in [-0.25, -0.2) is 0 Å². The van der Waals surface area contributed by atoms with Crippen molar-refractivity contribution in [2.75, 3.05) is 12.3 Å². The van der Waals surface area contributed by atoms with Crippen LogP contribution in [-0.4, -0.2) is 29.1 Å². The van der Waals surface area contributed by atoms with Gasteiger partial charge < -0.3 is 14.8 Å². The number of hydrogen-bond acceptors (Lipinski definition) is 4. The molecular formula is C17H14NNaO3S. The number of carboxylic acid groups (broad SMARTS) is 1.